The molecular weight excluding hydrogens is 394 g/mol. The molecule has 0 saturated heterocycles. The van der Waals surface area contributed by atoms with Crippen molar-refractivity contribution in [3.63, 3.8) is 0 Å². The van der Waals surface area contributed by atoms with Gasteiger partial charge >= 0.3 is 6.03 Å². The van der Waals surface area contributed by atoms with E-state index in [2.05, 4.69) is 47.7 Å². The Kier molecular flexibility index (Phi) is 22.7. The van der Waals surface area contributed by atoms with Crippen LogP contribution in [0, 0.1) is 0 Å². The van der Waals surface area contributed by atoms with Crippen LogP contribution >= 0.6 is 12.6 Å². The third kappa shape index (κ3) is 26.0. The summed E-state index contributed by atoms with van der Waals surface area (Å²) in [5.41, 5.74) is 4.96. The molecule has 0 aromatic rings. The third-order valence-electron chi connectivity index (χ3n) is 3.00. The summed E-state index contributed by atoms with van der Waals surface area (Å²) in [4.78, 5) is 44.7. The van der Waals surface area contributed by atoms with Crippen LogP contribution in [0.1, 0.15) is 67.2 Å². The largest absolute Gasteiger partial charge is 0.354 e. The first-order valence-electron chi connectivity index (χ1n) is 10.1. The molecule has 9 nitrogen and oxygen atoms in total. The fourth-order valence-electron chi connectivity index (χ4n) is 1.78. The van der Waals surface area contributed by atoms with Crippen molar-refractivity contribution in [2.24, 2.45) is 5.73 Å². The van der Waals surface area contributed by atoms with Gasteiger partial charge in [-0.2, -0.15) is 12.6 Å². The minimum absolute atomic E-state index is 0.212. The molecule has 0 heterocycles. The molecule has 10 heteroatoms. The van der Waals surface area contributed by atoms with Crippen molar-refractivity contribution >= 4 is 36.9 Å². The molecule has 1 atom stereocenters. The summed E-state index contributed by atoms with van der Waals surface area (Å²) in [6.45, 7) is 12.6. The van der Waals surface area contributed by atoms with E-state index in [9.17, 15) is 19.2 Å². The van der Waals surface area contributed by atoms with Gasteiger partial charge in [0.25, 0.3) is 0 Å². The molecule has 0 fully saturated rings. The quantitative estimate of drug-likeness (QED) is 0.156. The molecule has 0 aromatic carbocycles. The highest BCUT2D eigenvalue weighted by Gasteiger charge is 2.21. The Morgan fingerprint density at radius 1 is 1.10 bits per heavy atom. The minimum atomic E-state index is -0.761. The molecule has 0 bridgehead atoms. The van der Waals surface area contributed by atoms with Gasteiger partial charge in [0, 0.05) is 17.8 Å². The SMILES string of the molecule is CC.CC(C)(S)CCNC(=O)C(CCCNC(N)=O)NC(=O)CNC=O.CCC. The van der Waals surface area contributed by atoms with E-state index in [4.69, 9.17) is 5.73 Å². The van der Waals surface area contributed by atoms with Crippen molar-refractivity contribution in [3.05, 3.63) is 0 Å². The van der Waals surface area contributed by atoms with Crippen LogP contribution in [-0.2, 0) is 14.4 Å². The summed E-state index contributed by atoms with van der Waals surface area (Å²) < 4.78 is -0.217. The number of rotatable bonds is 12. The van der Waals surface area contributed by atoms with Gasteiger partial charge in [0.1, 0.15) is 6.04 Å². The summed E-state index contributed by atoms with van der Waals surface area (Å²) in [5, 5.41) is 9.94. The summed E-state index contributed by atoms with van der Waals surface area (Å²) in [7, 11) is 0. The highest BCUT2D eigenvalue weighted by atomic mass is 32.1. The number of nitrogens with one attached hydrogen (secondary N) is 4. The smallest absolute Gasteiger partial charge is 0.312 e. The summed E-state index contributed by atoms with van der Waals surface area (Å²) in [5.74, 6) is -0.800. The number of carbonyl (C=O) groups is 4. The number of urea groups is 1. The van der Waals surface area contributed by atoms with Crippen LogP contribution in [0.15, 0.2) is 0 Å². The van der Waals surface area contributed by atoms with E-state index in [1.54, 1.807) is 0 Å². The van der Waals surface area contributed by atoms with Crippen molar-refractivity contribution < 1.29 is 19.2 Å². The molecule has 0 saturated carbocycles. The lowest BCUT2D eigenvalue weighted by Gasteiger charge is -2.21. The molecule has 1 unspecified atom stereocenters. The Morgan fingerprint density at radius 3 is 2.10 bits per heavy atom. The molecule has 0 aliphatic heterocycles. The average molecular weight is 436 g/mol. The van der Waals surface area contributed by atoms with E-state index in [1.807, 2.05) is 27.7 Å². The third-order valence-corrected chi connectivity index (χ3v) is 3.23. The second-order valence-corrected chi connectivity index (χ2v) is 7.82. The maximum Gasteiger partial charge on any atom is 0.312 e. The topological polar surface area (TPSA) is 142 Å². The maximum absolute atomic E-state index is 12.2. The van der Waals surface area contributed by atoms with Crippen LogP contribution in [0.5, 0.6) is 0 Å². The van der Waals surface area contributed by atoms with Crippen LogP contribution in [-0.4, -0.2) is 54.7 Å². The van der Waals surface area contributed by atoms with Gasteiger partial charge in [-0.15, -0.1) is 0 Å². The summed E-state index contributed by atoms with van der Waals surface area (Å²) in [6, 6.07) is -1.41. The summed E-state index contributed by atoms with van der Waals surface area (Å²) >= 11 is 4.38. The molecule has 0 rings (SSSR count). The van der Waals surface area contributed by atoms with Crippen molar-refractivity contribution in [3.8, 4) is 0 Å². The molecule has 0 aromatic heterocycles. The van der Waals surface area contributed by atoms with Gasteiger partial charge < -0.3 is 27.0 Å². The zero-order valence-electron chi connectivity index (χ0n) is 18.8. The van der Waals surface area contributed by atoms with Crippen molar-refractivity contribution in [2.45, 2.75) is 78.0 Å². The fourth-order valence-corrected chi connectivity index (χ4v) is 1.89. The second-order valence-electron chi connectivity index (χ2n) is 6.61. The maximum atomic E-state index is 12.2. The second kappa shape index (κ2) is 20.8. The van der Waals surface area contributed by atoms with E-state index in [0.29, 0.717) is 38.8 Å². The normalized spacial score (nSPS) is 10.7. The zero-order valence-corrected chi connectivity index (χ0v) is 19.7. The standard InChI is InChI=1S/C14H27N5O4S.C3H8.C2H6/c1-14(2,24)5-7-17-12(22)10(4-3-6-18-13(15)23)19-11(21)8-16-9-20;1-3-2;1-2/h9-10,24H,3-8H2,1-2H3,(H,16,20)(H,17,22)(H,19,21)(H3,15,18,23);3H2,1-2H3;1-2H3. The minimum Gasteiger partial charge on any atom is -0.354 e. The Balaban J connectivity index is -0.00000123. The van der Waals surface area contributed by atoms with E-state index in [1.165, 1.54) is 6.42 Å². The number of hydrogen-bond acceptors (Lipinski definition) is 5. The average Bonchev–Trinajstić information content (AvgIpc) is 2.63. The molecule has 29 heavy (non-hydrogen) atoms. The lowest BCUT2D eigenvalue weighted by molar-refractivity contribution is -0.129. The van der Waals surface area contributed by atoms with Gasteiger partial charge in [-0.25, -0.2) is 4.79 Å². The number of nitrogens with two attached hydrogens (primary N) is 1. The first-order chi connectivity index (χ1) is 13.6. The van der Waals surface area contributed by atoms with Gasteiger partial charge in [0.05, 0.1) is 6.54 Å². The molecule has 6 N–H and O–H groups in total. The number of hydrogen-bond donors (Lipinski definition) is 6. The highest BCUT2D eigenvalue weighted by Crippen LogP contribution is 2.15. The molecule has 0 spiro atoms. The molecule has 172 valence electrons. The Hall–Kier alpha value is -1.97. The monoisotopic (exact) mass is 435 g/mol. The Morgan fingerprint density at radius 2 is 1.66 bits per heavy atom. The van der Waals surface area contributed by atoms with Crippen LogP contribution < -0.4 is 27.0 Å². The van der Waals surface area contributed by atoms with Gasteiger partial charge in [-0.05, 0) is 19.3 Å². The Bertz CT molecular complexity index is 456. The van der Waals surface area contributed by atoms with E-state index in [-0.39, 0.29) is 17.2 Å². The molecule has 0 aliphatic rings. The molecule has 0 radical (unpaired) electrons. The van der Waals surface area contributed by atoms with Crippen LogP contribution in [0.25, 0.3) is 0 Å². The predicted molar refractivity (Wildman–Crippen MR) is 121 cm³/mol. The molecular formula is C19H41N5O4S. The van der Waals surface area contributed by atoms with Gasteiger partial charge in [-0.1, -0.05) is 48.0 Å². The van der Waals surface area contributed by atoms with Crippen molar-refractivity contribution in [1.82, 2.24) is 21.3 Å². The van der Waals surface area contributed by atoms with Crippen LogP contribution in [0.3, 0.4) is 0 Å². The van der Waals surface area contributed by atoms with Gasteiger partial charge in [-0.3, -0.25) is 14.4 Å². The number of carbonyl (C=O) groups excluding carboxylic acids is 4. The summed E-state index contributed by atoms with van der Waals surface area (Å²) in [6.07, 6.45) is 3.10. The zero-order chi connectivity index (χ0) is 23.3. The first-order valence-corrected chi connectivity index (χ1v) is 10.5. The number of amides is 5. The Labute approximate surface area is 181 Å². The first kappa shape index (κ1) is 31.7. The lowest BCUT2D eigenvalue weighted by Crippen LogP contribution is -2.49. The van der Waals surface area contributed by atoms with Gasteiger partial charge in [0.2, 0.25) is 18.2 Å². The van der Waals surface area contributed by atoms with E-state index < -0.39 is 18.0 Å². The van der Waals surface area contributed by atoms with Crippen molar-refractivity contribution in [2.75, 3.05) is 19.6 Å². The van der Waals surface area contributed by atoms with Crippen LogP contribution in [0.4, 0.5) is 4.79 Å². The highest BCUT2D eigenvalue weighted by molar-refractivity contribution is 7.81. The predicted octanol–water partition coefficient (Wildman–Crippen LogP) is 1.32. The lowest BCUT2D eigenvalue weighted by atomic mass is 10.1. The fraction of sp³-hybridized carbons (Fsp3) is 0.789. The van der Waals surface area contributed by atoms with E-state index in [0.717, 1.165) is 0 Å². The number of primary amides is 1. The van der Waals surface area contributed by atoms with Crippen molar-refractivity contribution in [1.29, 1.82) is 0 Å². The number of thiol groups is 1. The molecule has 0 aliphatic carbocycles. The van der Waals surface area contributed by atoms with Crippen LogP contribution in [0.2, 0.25) is 0 Å². The van der Waals surface area contributed by atoms with E-state index >= 15 is 0 Å². The molecule has 5 amide bonds. The van der Waals surface area contributed by atoms with Gasteiger partial charge in [0.15, 0.2) is 0 Å².